The monoisotopic (exact) mass is 393 g/mol. The Morgan fingerprint density at radius 3 is 2.50 bits per heavy atom. The molecule has 1 fully saturated rings. The van der Waals surface area contributed by atoms with Crippen LogP contribution >= 0.6 is 11.3 Å². The fourth-order valence-electron chi connectivity index (χ4n) is 2.86. The van der Waals surface area contributed by atoms with Gasteiger partial charge in [-0.1, -0.05) is 18.6 Å². The van der Waals surface area contributed by atoms with Gasteiger partial charge in [0.1, 0.15) is 9.96 Å². The first kappa shape index (κ1) is 18.6. The minimum atomic E-state index is -3.59. The van der Waals surface area contributed by atoms with E-state index >= 15 is 0 Å². The van der Waals surface area contributed by atoms with E-state index < -0.39 is 16.0 Å². The Morgan fingerprint density at radius 2 is 1.85 bits per heavy atom. The van der Waals surface area contributed by atoms with Gasteiger partial charge in [-0.2, -0.15) is 4.31 Å². The molecule has 0 spiro atoms. The van der Waals surface area contributed by atoms with Crippen LogP contribution in [-0.2, 0) is 14.8 Å². The number of carboxylic acid groups (broad SMARTS) is 1. The van der Waals surface area contributed by atoms with Crippen molar-refractivity contribution in [2.24, 2.45) is 0 Å². The molecule has 6 nitrogen and oxygen atoms in total. The van der Waals surface area contributed by atoms with Gasteiger partial charge >= 0.3 is 5.97 Å². The van der Waals surface area contributed by atoms with E-state index in [0.717, 1.165) is 30.6 Å². The number of aromatic hydroxyl groups is 1. The van der Waals surface area contributed by atoms with Crippen LogP contribution in [-0.4, -0.2) is 42.0 Å². The molecule has 1 aromatic heterocycles. The highest BCUT2D eigenvalue weighted by molar-refractivity contribution is 7.91. The van der Waals surface area contributed by atoms with Gasteiger partial charge in [-0.05, 0) is 48.7 Å². The van der Waals surface area contributed by atoms with Crippen molar-refractivity contribution in [2.45, 2.75) is 23.5 Å². The van der Waals surface area contributed by atoms with Crippen LogP contribution in [0, 0.1) is 0 Å². The molecule has 2 N–H and O–H groups in total. The molecule has 1 saturated heterocycles. The van der Waals surface area contributed by atoms with Gasteiger partial charge in [-0.25, -0.2) is 13.2 Å². The van der Waals surface area contributed by atoms with E-state index in [1.54, 1.807) is 12.1 Å². The predicted molar refractivity (Wildman–Crippen MR) is 101 cm³/mol. The maximum atomic E-state index is 12.7. The smallest absolute Gasteiger partial charge is 0.337 e. The van der Waals surface area contributed by atoms with E-state index in [1.165, 1.54) is 34.6 Å². The third-order valence-electron chi connectivity index (χ3n) is 4.17. The molecular formula is C18H19NO5S2. The summed E-state index contributed by atoms with van der Waals surface area (Å²) in [4.78, 5) is 12.0. The molecule has 1 aliphatic heterocycles. The Hall–Kier alpha value is -2.16. The van der Waals surface area contributed by atoms with Crippen molar-refractivity contribution in [2.75, 3.05) is 13.1 Å². The standard InChI is InChI=1S/C18H19NO5S2/c20-14-6-4-5-13(11-14)12-15(18(21)22)16-7-8-17(25-16)26(23,24)19-9-2-1-3-10-19/h4-8,11-12,20H,1-3,9-10H2,(H,21,22)/b15-12-. The summed E-state index contributed by atoms with van der Waals surface area (Å²) in [6.07, 6.45) is 4.13. The van der Waals surface area contributed by atoms with Gasteiger partial charge in [0, 0.05) is 18.0 Å². The van der Waals surface area contributed by atoms with Gasteiger partial charge in [0.25, 0.3) is 10.0 Å². The number of aliphatic carboxylic acids is 1. The van der Waals surface area contributed by atoms with Crippen LogP contribution < -0.4 is 0 Å². The van der Waals surface area contributed by atoms with E-state index in [4.69, 9.17) is 0 Å². The largest absolute Gasteiger partial charge is 0.508 e. The lowest BCUT2D eigenvalue weighted by Crippen LogP contribution is -2.35. The quantitative estimate of drug-likeness (QED) is 0.761. The molecule has 0 radical (unpaired) electrons. The maximum Gasteiger partial charge on any atom is 0.337 e. The third-order valence-corrected chi connectivity index (χ3v) is 7.65. The highest BCUT2D eigenvalue weighted by Crippen LogP contribution is 2.32. The molecule has 0 unspecified atom stereocenters. The third kappa shape index (κ3) is 3.98. The van der Waals surface area contributed by atoms with Crippen LogP contribution in [0.4, 0.5) is 0 Å². The molecular weight excluding hydrogens is 374 g/mol. The lowest BCUT2D eigenvalue weighted by molar-refractivity contribution is -0.130. The zero-order valence-electron chi connectivity index (χ0n) is 14.0. The first-order valence-corrected chi connectivity index (χ1v) is 10.5. The summed E-state index contributed by atoms with van der Waals surface area (Å²) in [5.41, 5.74) is 0.511. The van der Waals surface area contributed by atoms with Gasteiger partial charge in [-0.3, -0.25) is 0 Å². The lowest BCUT2D eigenvalue weighted by atomic mass is 10.1. The summed E-state index contributed by atoms with van der Waals surface area (Å²) in [5, 5.41) is 19.1. The van der Waals surface area contributed by atoms with Crippen LogP contribution in [0.3, 0.4) is 0 Å². The molecule has 26 heavy (non-hydrogen) atoms. The number of nitrogens with zero attached hydrogens (tertiary/aromatic N) is 1. The number of thiophene rings is 1. The summed E-state index contributed by atoms with van der Waals surface area (Å²) in [7, 11) is -3.59. The molecule has 2 heterocycles. The predicted octanol–water partition coefficient (Wildman–Crippen LogP) is 3.25. The maximum absolute atomic E-state index is 12.7. The van der Waals surface area contributed by atoms with Crippen molar-refractivity contribution in [1.29, 1.82) is 0 Å². The van der Waals surface area contributed by atoms with E-state index in [-0.39, 0.29) is 15.5 Å². The van der Waals surface area contributed by atoms with Crippen molar-refractivity contribution >= 4 is 39.0 Å². The van der Waals surface area contributed by atoms with Crippen molar-refractivity contribution in [3.63, 3.8) is 0 Å². The second-order valence-electron chi connectivity index (χ2n) is 6.04. The van der Waals surface area contributed by atoms with Crippen LogP contribution in [0.5, 0.6) is 5.75 Å². The first-order chi connectivity index (χ1) is 12.4. The summed E-state index contributed by atoms with van der Waals surface area (Å²) in [6.45, 7) is 1.00. The van der Waals surface area contributed by atoms with Crippen LogP contribution in [0.1, 0.15) is 29.7 Å². The summed E-state index contributed by atoms with van der Waals surface area (Å²) in [5.74, 6) is -1.12. The minimum Gasteiger partial charge on any atom is -0.508 e. The van der Waals surface area contributed by atoms with Gasteiger partial charge in [-0.15, -0.1) is 11.3 Å². The Bertz CT molecular complexity index is 940. The highest BCUT2D eigenvalue weighted by Gasteiger charge is 2.28. The number of benzene rings is 1. The Labute approximate surface area is 156 Å². The van der Waals surface area contributed by atoms with Crippen LogP contribution in [0.2, 0.25) is 0 Å². The number of sulfonamides is 1. The van der Waals surface area contributed by atoms with Crippen molar-refractivity contribution in [3.8, 4) is 5.75 Å². The number of piperidine rings is 1. The number of hydrogen-bond acceptors (Lipinski definition) is 5. The number of phenols is 1. The molecule has 0 saturated carbocycles. The summed E-state index contributed by atoms with van der Waals surface area (Å²) >= 11 is 0.952. The second kappa shape index (κ2) is 7.61. The Kier molecular flexibility index (Phi) is 5.45. The van der Waals surface area contributed by atoms with Gasteiger partial charge < -0.3 is 10.2 Å². The molecule has 1 aliphatic rings. The summed E-state index contributed by atoms with van der Waals surface area (Å²) in [6, 6.07) is 9.20. The average molecular weight is 393 g/mol. The van der Waals surface area contributed by atoms with E-state index in [9.17, 15) is 23.4 Å². The fraction of sp³-hybridized carbons (Fsp3) is 0.278. The minimum absolute atomic E-state index is 0.0132. The second-order valence-corrected chi connectivity index (χ2v) is 9.29. The van der Waals surface area contributed by atoms with E-state index in [0.29, 0.717) is 23.5 Å². The molecule has 0 aliphatic carbocycles. The Morgan fingerprint density at radius 1 is 1.12 bits per heavy atom. The molecule has 0 atom stereocenters. The Balaban J connectivity index is 1.94. The molecule has 0 amide bonds. The number of phenolic OH excluding ortho intramolecular Hbond substituents is 1. The first-order valence-electron chi connectivity index (χ1n) is 8.22. The van der Waals surface area contributed by atoms with Gasteiger partial charge in [0.15, 0.2) is 0 Å². The zero-order chi connectivity index (χ0) is 18.7. The number of rotatable bonds is 5. The lowest BCUT2D eigenvalue weighted by Gasteiger charge is -2.25. The normalized spacial score (nSPS) is 16.5. The molecule has 138 valence electrons. The molecule has 1 aromatic carbocycles. The van der Waals surface area contributed by atoms with Crippen molar-refractivity contribution in [1.82, 2.24) is 4.31 Å². The number of hydrogen-bond donors (Lipinski definition) is 2. The fourth-order valence-corrected chi connectivity index (χ4v) is 5.84. The summed E-state index contributed by atoms with van der Waals surface area (Å²) < 4.78 is 27.1. The molecule has 3 rings (SSSR count). The van der Waals surface area contributed by atoms with E-state index in [1.807, 2.05) is 0 Å². The van der Waals surface area contributed by atoms with Crippen molar-refractivity contribution in [3.05, 3.63) is 46.8 Å². The van der Waals surface area contributed by atoms with Gasteiger partial charge in [0.2, 0.25) is 0 Å². The molecule has 2 aromatic rings. The van der Waals surface area contributed by atoms with E-state index in [2.05, 4.69) is 0 Å². The topological polar surface area (TPSA) is 94.9 Å². The SMILES string of the molecule is O=C(O)/C(=C\c1cccc(O)c1)c1ccc(S(=O)(=O)N2CCCCC2)s1. The van der Waals surface area contributed by atoms with Crippen LogP contribution in [0.25, 0.3) is 11.6 Å². The van der Waals surface area contributed by atoms with Crippen molar-refractivity contribution < 1.29 is 23.4 Å². The molecule has 8 heteroatoms. The molecule has 0 bridgehead atoms. The van der Waals surface area contributed by atoms with Crippen LogP contribution in [0.15, 0.2) is 40.6 Å². The number of carbonyl (C=O) groups is 1. The van der Waals surface area contributed by atoms with Gasteiger partial charge in [0.05, 0.1) is 5.57 Å². The zero-order valence-corrected chi connectivity index (χ0v) is 15.6. The highest BCUT2D eigenvalue weighted by atomic mass is 32.2. The average Bonchev–Trinajstić information content (AvgIpc) is 3.11. The number of carboxylic acids is 1.